The highest BCUT2D eigenvalue weighted by Crippen LogP contribution is 2.18. The van der Waals surface area contributed by atoms with Crippen molar-refractivity contribution in [2.45, 2.75) is 13.5 Å². The molecule has 0 saturated carbocycles. The van der Waals surface area contributed by atoms with E-state index < -0.39 is 0 Å². The Bertz CT molecular complexity index is 815. The highest BCUT2D eigenvalue weighted by molar-refractivity contribution is 9.10. The van der Waals surface area contributed by atoms with E-state index in [1.807, 2.05) is 49.1 Å². The van der Waals surface area contributed by atoms with Gasteiger partial charge in [0.2, 0.25) is 0 Å². The lowest BCUT2D eigenvalue weighted by Crippen LogP contribution is -2.20. The van der Waals surface area contributed by atoms with E-state index in [4.69, 9.17) is 4.74 Å². The summed E-state index contributed by atoms with van der Waals surface area (Å²) >= 11 is 3.43. The Morgan fingerprint density at radius 1 is 1.30 bits per heavy atom. The monoisotopic (exact) mass is 374 g/mol. The Kier molecular flexibility index (Phi) is 4.93. The Morgan fingerprint density at radius 3 is 3.00 bits per heavy atom. The van der Waals surface area contributed by atoms with E-state index in [0.717, 1.165) is 45.6 Å². The summed E-state index contributed by atoms with van der Waals surface area (Å²) in [5.41, 5.74) is 3.08. The summed E-state index contributed by atoms with van der Waals surface area (Å²) in [5.74, 6) is 0.871. The zero-order valence-electron chi connectivity index (χ0n) is 13.2. The van der Waals surface area contributed by atoms with Crippen molar-refractivity contribution in [3.63, 3.8) is 0 Å². The number of aryl methyl sites for hydroxylation is 2. The fourth-order valence-electron chi connectivity index (χ4n) is 2.48. The van der Waals surface area contributed by atoms with Gasteiger partial charge in [-0.3, -0.25) is 4.68 Å². The summed E-state index contributed by atoms with van der Waals surface area (Å²) in [5, 5.41) is 8.87. The summed E-state index contributed by atoms with van der Waals surface area (Å²) in [7, 11) is 1.92. The number of hydrogen-bond donors (Lipinski definition) is 1. The molecular weight excluding hydrogens is 356 g/mol. The molecular formula is C17H19BrN4O. The zero-order chi connectivity index (χ0) is 16.2. The molecule has 0 aliphatic carbocycles. The number of nitrogens with zero attached hydrogens (tertiary/aromatic N) is 3. The van der Waals surface area contributed by atoms with E-state index in [0.29, 0.717) is 6.61 Å². The first-order chi connectivity index (χ1) is 11.1. The number of ether oxygens (including phenoxy) is 1. The van der Waals surface area contributed by atoms with Crippen molar-refractivity contribution >= 4 is 27.0 Å². The van der Waals surface area contributed by atoms with Gasteiger partial charge in [0, 0.05) is 36.2 Å². The molecule has 3 aromatic rings. The number of halogens is 1. The van der Waals surface area contributed by atoms with Crippen molar-refractivity contribution in [3.05, 3.63) is 52.3 Å². The first-order valence-electron chi connectivity index (χ1n) is 7.51. The second-order valence-corrected chi connectivity index (χ2v) is 6.32. The number of aromatic nitrogens is 3. The predicted molar refractivity (Wildman–Crippen MR) is 94.6 cm³/mol. The van der Waals surface area contributed by atoms with Gasteiger partial charge in [0.1, 0.15) is 12.4 Å². The van der Waals surface area contributed by atoms with Crippen LogP contribution in [0.1, 0.15) is 11.3 Å². The summed E-state index contributed by atoms with van der Waals surface area (Å²) in [4.78, 5) is 4.48. The van der Waals surface area contributed by atoms with Crippen LogP contribution in [-0.2, 0) is 13.6 Å². The third-order valence-electron chi connectivity index (χ3n) is 3.59. The molecule has 1 N–H and O–H groups in total. The molecule has 0 spiro atoms. The second kappa shape index (κ2) is 7.10. The molecule has 0 bridgehead atoms. The van der Waals surface area contributed by atoms with Gasteiger partial charge in [-0.2, -0.15) is 5.10 Å². The molecule has 0 amide bonds. The number of rotatable bonds is 6. The minimum Gasteiger partial charge on any atom is -0.492 e. The average molecular weight is 375 g/mol. The van der Waals surface area contributed by atoms with E-state index in [2.05, 4.69) is 37.4 Å². The normalized spacial score (nSPS) is 11.1. The molecule has 0 radical (unpaired) electrons. The number of hydrogen-bond acceptors (Lipinski definition) is 4. The SMILES string of the molecule is Cc1nn(C)c2ncc(CNCCOc3cccc(Br)c3)cc12. The number of fused-ring (bicyclic) bond motifs is 1. The van der Waals surface area contributed by atoms with Crippen molar-refractivity contribution in [2.24, 2.45) is 7.05 Å². The molecule has 0 aliphatic rings. The van der Waals surface area contributed by atoms with Crippen LogP contribution >= 0.6 is 15.9 Å². The van der Waals surface area contributed by atoms with Gasteiger partial charge < -0.3 is 10.1 Å². The smallest absolute Gasteiger partial charge is 0.157 e. The van der Waals surface area contributed by atoms with Crippen LogP contribution in [0.3, 0.4) is 0 Å². The van der Waals surface area contributed by atoms with Gasteiger partial charge in [-0.05, 0) is 36.8 Å². The van der Waals surface area contributed by atoms with Gasteiger partial charge in [-0.1, -0.05) is 22.0 Å². The molecule has 2 aromatic heterocycles. The minimum absolute atomic E-state index is 0.623. The summed E-state index contributed by atoms with van der Waals surface area (Å²) in [6, 6.07) is 10.0. The maximum absolute atomic E-state index is 5.70. The van der Waals surface area contributed by atoms with Gasteiger partial charge in [-0.15, -0.1) is 0 Å². The largest absolute Gasteiger partial charge is 0.492 e. The molecule has 0 fully saturated rings. The van der Waals surface area contributed by atoms with Crippen molar-refractivity contribution < 1.29 is 4.74 Å². The average Bonchev–Trinajstić information content (AvgIpc) is 2.81. The molecule has 2 heterocycles. The first kappa shape index (κ1) is 16.0. The topological polar surface area (TPSA) is 52.0 Å². The van der Waals surface area contributed by atoms with Gasteiger partial charge >= 0.3 is 0 Å². The van der Waals surface area contributed by atoms with E-state index >= 15 is 0 Å². The third-order valence-corrected chi connectivity index (χ3v) is 4.09. The molecule has 0 aliphatic heterocycles. The molecule has 6 heteroatoms. The van der Waals surface area contributed by atoms with Gasteiger partial charge in [-0.25, -0.2) is 4.98 Å². The highest BCUT2D eigenvalue weighted by atomic mass is 79.9. The van der Waals surface area contributed by atoms with Crippen molar-refractivity contribution in [1.82, 2.24) is 20.1 Å². The van der Waals surface area contributed by atoms with E-state index in [1.54, 1.807) is 0 Å². The Balaban J connectivity index is 1.50. The summed E-state index contributed by atoms with van der Waals surface area (Å²) in [6.07, 6.45) is 1.89. The van der Waals surface area contributed by atoms with Gasteiger partial charge in [0.25, 0.3) is 0 Å². The maximum Gasteiger partial charge on any atom is 0.157 e. The molecule has 0 unspecified atom stereocenters. The molecule has 0 saturated heterocycles. The Morgan fingerprint density at radius 2 is 2.17 bits per heavy atom. The van der Waals surface area contributed by atoms with Gasteiger partial charge in [0.05, 0.1) is 5.69 Å². The van der Waals surface area contributed by atoms with Crippen LogP contribution in [0.15, 0.2) is 41.0 Å². The molecule has 3 rings (SSSR count). The van der Waals surface area contributed by atoms with Gasteiger partial charge in [0.15, 0.2) is 5.65 Å². The lowest BCUT2D eigenvalue weighted by molar-refractivity contribution is 0.313. The highest BCUT2D eigenvalue weighted by Gasteiger charge is 2.06. The van der Waals surface area contributed by atoms with Crippen molar-refractivity contribution in [1.29, 1.82) is 0 Å². The van der Waals surface area contributed by atoms with Crippen LogP contribution in [0, 0.1) is 6.92 Å². The number of benzene rings is 1. The third kappa shape index (κ3) is 3.89. The zero-order valence-corrected chi connectivity index (χ0v) is 14.8. The standard InChI is InChI=1S/C17H19BrN4O/c1-12-16-8-13(11-20-17(16)22(2)21-12)10-19-6-7-23-15-5-3-4-14(18)9-15/h3-5,8-9,11,19H,6-7,10H2,1-2H3. The summed E-state index contributed by atoms with van der Waals surface area (Å²) < 4.78 is 8.53. The number of pyridine rings is 1. The van der Waals surface area contributed by atoms with E-state index in [-0.39, 0.29) is 0 Å². The minimum atomic E-state index is 0.623. The molecule has 23 heavy (non-hydrogen) atoms. The summed E-state index contributed by atoms with van der Waals surface area (Å²) in [6.45, 7) is 4.17. The second-order valence-electron chi connectivity index (χ2n) is 5.41. The van der Waals surface area contributed by atoms with E-state index in [1.165, 1.54) is 0 Å². The fourth-order valence-corrected chi connectivity index (χ4v) is 2.86. The maximum atomic E-state index is 5.70. The fraction of sp³-hybridized carbons (Fsp3) is 0.294. The predicted octanol–water partition coefficient (Wildman–Crippen LogP) is 3.21. The van der Waals surface area contributed by atoms with Crippen LogP contribution in [0.4, 0.5) is 0 Å². The number of nitrogens with one attached hydrogen (secondary N) is 1. The Hall–Kier alpha value is -1.92. The van der Waals surface area contributed by atoms with Crippen LogP contribution < -0.4 is 10.1 Å². The quantitative estimate of drug-likeness (QED) is 0.673. The van der Waals surface area contributed by atoms with Crippen LogP contribution in [0.2, 0.25) is 0 Å². The molecule has 5 nitrogen and oxygen atoms in total. The first-order valence-corrected chi connectivity index (χ1v) is 8.30. The molecule has 0 atom stereocenters. The van der Waals surface area contributed by atoms with Crippen molar-refractivity contribution in [3.8, 4) is 5.75 Å². The molecule has 120 valence electrons. The van der Waals surface area contributed by atoms with E-state index in [9.17, 15) is 0 Å². The van der Waals surface area contributed by atoms with Crippen LogP contribution in [0.25, 0.3) is 11.0 Å². The lowest BCUT2D eigenvalue weighted by Gasteiger charge is -2.08. The van der Waals surface area contributed by atoms with Crippen LogP contribution in [0.5, 0.6) is 5.75 Å². The van der Waals surface area contributed by atoms with Crippen LogP contribution in [-0.4, -0.2) is 27.9 Å². The Labute approximate surface area is 143 Å². The van der Waals surface area contributed by atoms with Crippen molar-refractivity contribution in [2.75, 3.05) is 13.2 Å². The molecule has 1 aromatic carbocycles. The lowest BCUT2D eigenvalue weighted by atomic mass is 10.2.